The topological polar surface area (TPSA) is 84.9 Å². The summed E-state index contributed by atoms with van der Waals surface area (Å²) in [5.74, 6) is 0.460. The minimum Gasteiger partial charge on any atom is -0.495 e. The third-order valence-electron chi connectivity index (χ3n) is 5.39. The maximum Gasteiger partial charge on any atom is 0.243 e. The first-order chi connectivity index (χ1) is 14.9. The lowest BCUT2D eigenvalue weighted by Crippen LogP contribution is -2.45. The highest BCUT2D eigenvalue weighted by Crippen LogP contribution is 2.32. The highest BCUT2D eigenvalue weighted by Gasteiger charge is 2.34. The van der Waals surface area contributed by atoms with Crippen LogP contribution in [0.15, 0.2) is 47.4 Å². The van der Waals surface area contributed by atoms with Gasteiger partial charge >= 0.3 is 0 Å². The fourth-order valence-electron chi connectivity index (χ4n) is 3.80. The number of rotatable bonds is 8. The van der Waals surface area contributed by atoms with Crippen LogP contribution in [0.1, 0.15) is 32.1 Å². The third kappa shape index (κ3) is 5.50. The van der Waals surface area contributed by atoms with Crippen LogP contribution >= 0.6 is 11.6 Å². The number of ether oxygens (including phenoxy) is 2. The number of carbonyl (C=O) groups excluding carboxylic acids is 1. The molecule has 0 saturated heterocycles. The van der Waals surface area contributed by atoms with Gasteiger partial charge in [0, 0.05) is 6.04 Å². The lowest BCUT2D eigenvalue weighted by atomic mass is 9.95. The SMILES string of the molecule is COc1ccc(S(=O)(=O)N(CC(=O)Nc2ccccc2OC)C2CCCCC2)cc1Cl. The van der Waals surface area contributed by atoms with Crippen LogP contribution in [0.2, 0.25) is 5.02 Å². The maximum absolute atomic E-state index is 13.5. The molecule has 31 heavy (non-hydrogen) atoms. The number of anilines is 1. The molecule has 0 aliphatic heterocycles. The summed E-state index contributed by atoms with van der Waals surface area (Å²) >= 11 is 6.17. The normalized spacial score (nSPS) is 15.0. The molecule has 7 nitrogen and oxygen atoms in total. The van der Waals surface area contributed by atoms with Gasteiger partial charge in [0.05, 0.1) is 36.4 Å². The summed E-state index contributed by atoms with van der Waals surface area (Å²) in [5.41, 5.74) is 0.489. The van der Waals surface area contributed by atoms with E-state index in [-0.39, 0.29) is 22.5 Å². The largest absolute Gasteiger partial charge is 0.495 e. The van der Waals surface area contributed by atoms with E-state index in [1.165, 1.54) is 36.7 Å². The van der Waals surface area contributed by atoms with Crippen molar-refractivity contribution in [2.24, 2.45) is 0 Å². The Labute approximate surface area is 188 Å². The lowest BCUT2D eigenvalue weighted by Gasteiger charge is -2.33. The number of hydrogen-bond acceptors (Lipinski definition) is 5. The van der Waals surface area contributed by atoms with Crippen LogP contribution < -0.4 is 14.8 Å². The molecule has 1 aliphatic rings. The van der Waals surface area contributed by atoms with Crippen molar-refractivity contribution in [2.75, 3.05) is 26.1 Å². The molecular formula is C22H27ClN2O5S. The second kappa shape index (κ2) is 10.3. The Morgan fingerprint density at radius 3 is 2.39 bits per heavy atom. The Balaban J connectivity index is 1.89. The van der Waals surface area contributed by atoms with Gasteiger partial charge in [-0.25, -0.2) is 8.42 Å². The van der Waals surface area contributed by atoms with E-state index >= 15 is 0 Å². The number of methoxy groups -OCH3 is 2. The van der Waals surface area contributed by atoms with Gasteiger partial charge in [-0.3, -0.25) is 4.79 Å². The monoisotopic (exact) mass is 466 g/mol. The Kier molecular flexibility index (Phi) is 7.80. The van der Waals surface area contributed by atoms with Crippen molar-refractivity contribution in [1.29, 1.82) is 0 Å². The average molecular weight is 467 g/mol. The van der Waals surface area contributed by atoms with Crippen LogP contribution in [0.25, 0.3) is 0 Å². The first-order valence-electron chi connectivity index (χ1n) is 10.1. The molecule has 2 aromatic rings. The lowest BCUT2D eigenvalue weighted by molar-refractivity contribution is -0.116. The number of sulfonamides is 1. The molecule has 0 spiro atoms. The number of amides is 1. The Morgan fingerprint density at radius 2 is 1.74 bits per heavy atom. The summed E-state index contributed by atoms with van der Waals surface area (Å²) in [7, 11) is -0.975. The van der Waals surface area contributed by atoms with Crippen LogP contribution in [0.4, 0.5) is 5.69 Å². The summed E-state index contributed by atoms with van der Waals surface area (Å²) in [6.45, 7) is -0.297. The zero-order valence-corrected chi connectivity index (χ0v) is 19.2. The molecule has 0 heterocycles. The predicted octanol–water partition coefficient (Wildman–Crippen LogP) is 4.32. The molecular weight excluding hydrogens is 440 g/mol. The summed E-state index contributed by atoms with van der Waals surface area (Å²) in [6.07, 6.45) is 4.34. The molecule has 0 atom stereocenters. The van der Waals surface area contributed by atoms with Gasteiger partial charge in [-0.2, -0.15) is 4.31 Å². The van der Waals surface area contributed by atoms with E-state index in [0.29, 0.717) is 30.0 Å². The second-order valence-corrected chi connectivity index (χ2v) is 9.68. The number of hydrogen-bond donors (Lipinski definition) is 1. The van der Waals surface area contributed by atoms with Crippen molar-refractivity contribution in [3.8, 4) is 11.5 Å². The van der Waals surface area contributed by atoms with Crippen molar-refractivity contribution in [3.05, 3.63) is 47.5 Å². The number of nitrogens with zero attached hydrogens (tertiary/aromatic N) is 1. The average Bonchev–Trinajstić information content (AvgIpc) is 2.78. The smallest absolute Gasteiger partial charge is 0.243 e. The van der Waals surface area contributed by atoms with Crippen LogP contribution in [0, 0.1) is 0 Å². The molecule has 0 unspecified atom stereocenters. The Morgan fingerprint density at radius 1 is 1.06 bits per heavy atom. The molecule has 0 radical (unpaired) electrons. The minimum absolute atomic E-state index is 0.0361. The zero-order chi connectivity index (χ0) is 22.4. The van der Waals surface area contributed by atoms with Crippen LogP contribution in [0.3, 0.4) is 0 Å². The second-order valence-electron chi connectivity index (χ2n) is 7.39. The number of benzene rings is 2. The van der Waals surface area contributed by atoms with E-state index in [1.54, 1.807) is 24.3 Å². The van der Waals surface area contributed by atoms with E-state index in [2.05, 4.69) is 5.32 Å². The van der Waals surface area contributed by atoms with Crippen molar-refractivity contribution in [2.45, 2.75) is 43.0 Å². The summed E-state index contributed by atoms with van der Waals surface area (Å²) < 4.78 is 38.7. The van der Waals surface area contributed by atoms with Gasteiger partial charge in [-0.1, -0.05) is 43.0 Å². The fraction of sp³-hybridized carbons (Fsp3) is 0.409. The molecule has 1 saturated carbocycles. The third-order valence-corrected chi connectivity index (χ3v) is 7.58. The van der Waals surface area contributed by atoms with Crippen molar-refractivity contribution < 1.29 is 22.7 Å². The Hall–Kier alpha value is -2.29. The molecule has 1 fully saturated rings. The predicted molar refractivity (Wildman–Crippen MR) is 120 cm³/mol. The molecule has 1 N–H and O–H groups in total. The van der Waals surface area contributed by atoms with Crippen LogP contribution in [-0.2, 0) is 14.8 Å². The van der Waals surface area contributed by atoms with Gasteiger partial charge < -0.3 is 14.8 Å². The van der Waals surface area contributed by atoms with Crippen molar-refractivity contribution >= 4 is 33.2 Å². The minimum atomic E-state index is -3.95. The van der Waals surface area contributed by atoms with E-state index in [1.807, 2.05) is 0 Å². The van der Waals surface area contributed by atoms with Gasteiger partial charge in [0.2, 0.25) is 15.9 Å². The number of nitrogens with one attached hydrogen (secondary N) is 1. The molecule has 3 rings (SSSR count). The van der Waals surface area contributed by atoms with Crippen molar-refractivity contribution in [1.82, 2.24) is 4.31 Å². The Bertz CT molecular complexity index is 1020. The molecule has 0 bridgehead atoms. The quantitative estimate of drug-likeness (QED) is 0.626. The number of para-hydroxylation sites is 2. The first-order valence-corrected chi connectivity index (χ1v) is 12.0. The van der Waals surface area contributed by atoms with Gasteiger partial charge in [0.1, 0.15) is 11.5 Å². The highest BCUT2D eigenvalue weighted by atomic mass is 35.5. The van der Waals surface area contributed by atoms with E-state index in [9.17, 15) is 13.2 Å². The van der Waals surface area contributed by atoms with E-state index < -0.39 is 15.9 Å². The summed E-state index contributed by atoms with van der Waals surface area (Å²) in [6, 6.07) is 11.1. The fourth-order valence-corrected chi connectivity index (χ4v) is 5.79. The highest BCUT2D eigenvalue weighted by molar-refractivity contribution is 7.89. The van der Waals surface area contributed by atoms with Gasteiger partial charge in [0.25, 0.3) is 0 Å². The molecule has 0 aromatic heterocycles. The van der Waals surface area contributed by atoms with Crippen LogP contribution in [0.5, 0.6) is 11.5 Å². The van der Waals surface area contributed by atoms with Crippen LogP contribution in [-0.4, -0.2) is 45.4 Å². The first kappa shape index (κ1) is 23.4. The summed E-state index contributed by atoms with van der Waals surface area (Å²) in [4.78, 5) is 12.9. The molecule has 2 aromatic carbocycles. The summed E-state index contributed by atoms with van der Waals surface area (Å²) in [5, 5.41) is 2.97. The standard InChI is InChI=1S/C22H27ClN2O5S/c1-29-20-13-12-17(14-18(20)23)31(27,28)25(16-8-4-3-5-9-16)15-22(26)24-19-10-6-7-11-21(19)30-2/h6-7,10-14,16H,3-5,8-9,15H2,1-2H3,(H,24,26). The number of carbonyl (C=O) groups is 1. The molecule has 168 valence electrons. The van der Waals surface area contributed by atoms with E-state index in [4.69, 9.17) is 21.1 Å². The van der Waals surface area contributed by atoms with E-state index in [0.717, 1.165) is 19.3 Å². The van der Waals surface area contributed by atoms with Gasteiger partial charge in [-0.15, -0.1) is 0 Å². The molecule has 1 aliphatic carbocycles. The number of halogens is 1. The van der Waals surface area contributed by atoms with Gasteiger partial charge in [0.15, 0.2) is 0 Å². The van der Waals surface area contributed by atoms with Crippen molar-refractivity contribution in [3.63, 3.8) is 0 Å². The zero-order valence-electron chi connectivity index (χ0n) is 17.6. The maximum atomic E-state index is 13.5. The van der Waals surface area contributed by atoms with Gasteiger partial charge in [-0.05, 0) is 43.2 Å². The molecule has 1 amide bonds. The molecule has 9 heteroatoms.